The predicted octanol–water partition coefficient (Wildman–Crippen LogP) is 3.45. The predicted molar refractivity (Wildman–Crippen MR) is 124 cm³/mol. The van der Waals surface area contributed by atoms with E-state index in [1.54, 1.807) is 25.1 Å². The van der Waals surface area contributed by atoms with Crippen molar-refractivity contribution in [3.05, 3.63) is 63.9 Å². The number of benzene rings is 2. The first-order valence-corrected chi connectivity index (χ1v) is 12.3. The third-order valence-electron chi connectivity index (χ3n) is 4.71. The maximum atomic E-state index is 14.3. The number of anilines is 1. The highest BCUT2D eigenvalue weighted by atomic mass is 35.5. The minimum absolute atomic E-state index is 0.148. The fraction of sp³-hybridized carbons (Fsp3) is 0.333. The Labute approximate surface area is 197 Å². The Morgan fingerprint density at radius 1 is 1.09 bits per heavy atom. The highest BCUT2D eigenvalue weighted by molar-refractivity contribution is 7.92. The summed E-state index contributed by atoms with van der Waals surface area (Å²) in [7, 11) is -4.02. The van der Waals surface area contributed by atoms with Crippen LogP contribution < -0.4 is 9.62 Å². The lowest BCUT2D eigenvalue weighted by atomic mass is 10.1. The van der Waals surface area contributed by atoms with Crippen LogP contribution in [-0.2, 0) is 26.2 Å². The van der Waals surface area contributed by atoms with E-state index >= 15 is 0 Å². The second-order valence-electron chi connectivity index (χ2n) is 7.01. The maximum Gasteiger partial charge on any atom is 0.244 e. The number of carbonyl (C=O) groups excluding carboxylic acids is 2. The average molecular weight is 504 g/mol. The van der Waals surface area contributed by atoms with Crippen LogP contribution in [0.25, 0.3) is 0 Å². The molecule has 2 rings (SSSR count). The van der Waals surface area contributed by atoms with Gasteiger partial charge in [-0.15, -0.1) is 0 Å². The smallest absolute Gasteiger partial charge is 0.244 e. The minimum Gasteiger partial charge on any atom is -0.355 e. The van der Waals surface area contributed by atoms with Gasteiger partial charge >= 0.3 is 0 Å². The lowest BCUT2D eigenvalue weighted by Crippen LogP contribution is -2.51. The number of amides is 2. The van der Waals surface area contributed by atoms with E-state index in [4.69, 9.17) is 23.2 Å². The summed E-state index contributed by atoms with van der Waals surface area (Å²) in [6.45, 7) is 2.70. The number of sulfonamides is 1. The number of nitrogens with zero attached hydrogens (tertiary/aromatic N) is 2. The molecule has 1 N–H and O–H groups in total. The van der Waals surface area contributed by atoms with Crippen molar-refractivity contribution in [2.45, 2.75) is 26.4 Å². The number of rotatable bonds is 9. The first-order valence-electron chi connectivity index (χ1n) is 9.69. The first-order chi connectivity index (χ1) is 15.0. The highest BCUT2D eigenvalue weighted by Gasteiger charge is 2.31. The minimum atomic E-state index is -4.02. The van der Waals surface area contributed by atoms with Crippen LogP contribution in [0.1, 0.15) is 19.4 Å². The Balaban J connectivity index is 2.46. The number of para-hydroxylation sites is 1. The SMILES string of the molecule is CCNC(=O)[C@H](C)N(Cc1c(Cl)cccc1Cl)C(=O)CN(c1ccccc1F)S(C)(=O)=O. The van der Waals surface area contributed by atoms with E-state index in [2.05, 4.69) is 5.32 Å². The largest absolute Gasteiger partial charge is 0.355 e. The Bertz CT molecular complexity index is 1080. The molecule has 174 valence electrons. The molecule has 0 saturated carbocycles. The molecule has 0 unspecified atom stereocenters. The summed E-state index contributed by atoms with van der Waals surface area (Å²) in [6, 6.07) is 9.05. The van der Waals surface area contributed by atoms with E-state index in [0.29, 0.717) is 16.4 Å². The molecule has 11 heteroatoms. The normalized spacial score (nSPS) is 12.2. The molecular formula is C21H24Cl2FN3O4S. The van der Waals surface area contributed by atoms with E-state index < -0.39 is 40.2 Å². The van der Waals surface area contributed by atoms with Crippen LogP contribution in [0.3, 0.4) is 0 Å². The van der Waals surface area contributed by atoms with Gasteiger partial charge in [0.1, 0.15) is 18.4 Å². The van der Waals surface area contributed by atoms with E-state index in [0.717, 1.165) is 17.2 Å². The number of hydrogen-bond acceptors (Lipinski definition) is 4. The third-order valence-corrected chi connectivity index (χ3v) is 6.54. The molecule has 0 aliphatic carbocycles. The molecule has 0 aliphatic rings. The molecule has 0 spiro atoms. The lowest BCUT2D eigenvalue weighted by molar-refractivity contribution is -0.139. The van der Waals surface area contributed by atoms with Crippen molar-refractivity contribution in [2.24, 2.45) is 0 Å². The number of halogens is 3. The van der Waals surface area contributed by atoms with Crippen LogP contribution in [0.2, 0.25) is 10.0 Å². The van der Waals surface area contributed by atoms with Crippen LogP contribution >= 0.6 is 23.2 Å². The molecule has 1 atom stereocenters. The fourth-order valence-electron chi connectivity index (χ4n) is 3.01. The summed E-state index contributed by atoms with van der Waals surface area (Å²) in [6.07, 6.45) is 0.870. The topological polar surface area (TPSA) is 86.8 Å². The second kappa shape index (κ2) is 11.0. The van der Waals surface area contributed by atoms with Crippen LogP contribution in [0.15, 0.2) is 42.5 Å². The number of carbonyl (C=O) groups is 2. The van der Waals surface area contributed by atoms with Gasteiger partial charge in [0, 0.05) is 28.7 Å². The van der Waals surface area contributed by atoms with Gasteiger partial charge in [0.2, 0.25) is 21.8 Å². The zero-order valence-corrected chi connectivity index (χ0v) is 20.1. The van der Waals surface area contributed by atoms with Crippen molar-refractivity contribution < 1.29 is 22.4 Å². The Hall–Kier alpha value is -2.36. The molecule has 0 saturated heterocycles. The average Bonchev–Trinajstić information content (AvgIpc) is 2.71. The first kappa shape index (κ1) is 25.9. The Kier molecular flexibility index (Phi) is 8.89. The molecule has 0 aromatic heterocycles. The molecule has 32 heavy (non-hydrogen) atoms. The van der Waals surface area contributed by atoms with E-state index in [1.165, 1.54) is 25.1 Å². The van der Waals surface area contributed by atoms with Crippen LogP contribution in [0.4, 0.5) is 10.1 Å². The summed E-state index contributed by atoms with van der Waals surface area (Å²) in [5.41, 5.74) is 0.127. The summed E-state index contributed by atoms with van der Waals surface area (Å²) in [5, 5.41) is 3.20. The van der Waals surface area contributed by atoms with Crippen molar-refractivity contribution in [1.82, 2.24) is 10.2 Å². The molecule has 0 fully saturated rings. The van der Waals surface area contributed by atoms with Crippen LogP contribution in [0, 0.1) is 5.82 Å². The van der Waals surface area contributed by atoms with E-state index in [1.807, 2.05) is 0 Å². The van der Waals surface area contributed by atoms with Crippen LogP contribution in [0.5, 0.6) is 0 Å². The van der Waals surface area contributed by atoms with E-state index in [-0.39, 0.29) is 22.3 Å². The van der Waals surface area contributed by atoms with E-state index in [9.17, 15) is 22.4 Å². The summed E-state index contributed by atoms with van der Waals surface area (Å²) in [4.78, 5) is 27.0. The third kappa shape index (κ3) is 6.34. The van der Waals surface area contributed by atoms with Gasteiger partial charge in [0.15, 0.2) is 0 Å². The fourth-order valence-corrected chi connectivity index (χ4v) is 4.37. The van der Waals surface area contributed by atoms with Gasteiger partial charge in [0.25, 0.3) is 0 Å². The molecule has 2 aromatic rings. The van der Waals surface area contributed by atoms with Crippen molar-refractivity contribution in [3.63, 3.8) is 0 Å². The summed E-state index contributed by atoms with van der Waals surface area (Å²) < 4.78 is 39.8. The van der Waals surface area contributed by atoms with Gasteiger partial charge in [-0.3, -0.25) is 13.9 Å². The van der Waals surface area contributed by atoms with Crippen molar-refractivity contribution in [3.8, 4) is 0 Å². The summed E-state index contributed by atoms with van der Waals surface area (Å²) in [5.74, 6) is -1.97. The molecule has 0 radical (unpaired) electrons. The zero-order valence-electron chi connectivity index (χ0n) is 17.8. The summed E-state index contributed by atoms with van der Waals surface area (Å²) >= 11 is 12.5. The Morgan fingerprint density at radius 3 is 2.22 bits per heavy atom. The molecular weight excluding hydrogens is 480 g/mol. The Morgan fingerprint density at radius 2 is 1.69 bits per heavy atom. The molecule has 2 aromatic carbocycles. The zero-order chi connectivity index (χ0) is 24.1. The second-order valence-corrected chi connectivity index (χ2v) is 9.73. The van der Waals surface area contributed by atoms with Crippen molar-refractivity contribution in [2.75, 3.05) is 23.7 Å². The van der Waals surface area contributed by atoms with Gasteiger partial charge < -0.3 is 10.2 Å². The number of likely N-dealkylation sites (N-methyl/N-ethyl adjacent to an activating group) is 1. The lowest BCUT2D eigenvalue weighted by Gasteiger charge is -2.31. The van der Waals surface area contributed by atoms with Gasteiger partial charge in [-0.05, 0) is 38.1 Å². The molecule has 0 aliphatic heterocycles. The van der Waals surface area contributed by atoms with Crippen molar-refractivity contribution >= 4 is 50.7 Å². The standard InChI is InChI=1S/C21H24Cl2FN3O4S/c1-4-25-21(29)14(2)26(12-15-16(22)8-7-9-17(15)23)20(28)13-27(32(3,30)31)19-11-6-5-10-18(19)24/h5-11,14H,4,12-13H2,1-3H3,(H,25,29)/t14-/m0/s1. The van der Waals surface area contributed by atoms with Gasteiger partial charge in [0.05, 0.1) is 11.9 Å². The monoisotopic (exact) mass is 503 g/mol. The number of hydrogen-bond donors (Lipinski definition) is 1. The quantitative estimate of drug-likeness (QED) is 0.567. The van der Waals surface area contributed by atoms with Gasteiger partial charge in [-0.2, -0.15) is 0 Å². The van der Waals surface area contributed by atoms with Crippen LogP contribution in [-0.4, -0.2) is 50.5 Å². The van der Waals surface area contributed by atoms with Gasteiger partial charge in [-0.1, -0.05) is 41.4 Å². The highest BCUT2D eigenvalue weighted by Crippen LogP contribution is 2.27. The maximum absolute atomic E-state index is 14.3. The van der Waals surface area contributed by atoms with Crippen molar-refractivity contribution in [1.29, 1.82) is 0 Å². The van der Waals surface area contributed by atoms with Gasteiger partial charge in [-0.25, -0.2) is 12.8 Å². The molecule has 0 bridgehead atoms. The molecule has 0 heterocycles. The molecule has 7 nitrogen and oxygen atoms in total. The number of nitrogens with one attached hydrogen (secondary N) is 1. The molecule has 2 amide bonds.